The van der Waals surface area contributed by atoms with Gasteiger partial charge < -0.3 is 4.98 Å². The number of benzene rings is 2. The summed E-state index contributed by atoms with van der Waals surface area (Å²) in [6.45, 7) is 3.88. The highest BCUT2D eigenvalue weighted by molar-refractivity contribution is 7.98. The Morgan fingerprint density at radius 2 is 1.80 bits per heavy atom. The Morgan fingerprint density at radius 3 is 2.63 bits per heavy atom. The van der Waals surface area contributed by atoms with Crippen LogP contribution in [0.4, 0.5) is 0 Å². The Bertz CT molecular complexity index is 1440. The highest BCUT2D eigenvalue weighted by Crippen LogP contribution is 2.37. The van der Waals surface area contributed by atoms with Crippen molar-refractivity contribution < 1.29 is 0 Å². The average Bonchev–Trinajstić information content (AvgIpc) is 3.17. The maximum atomic E-state index is 12.5. The molecule has 0 aliphatic heterocycles. The summed E-state index contributed by atoms with van der Waals surface area (Å²) in [5.41, 5.74) is 2.81. The molecule has 3 heterocycles. The van der Waals surface area contributed by atoms with Crippen molar-refractivity contribution in [1.82, 2.24) is 19.9 Å². The summed E-state index contributed by atoms with van der Waals surface area (Å²) in [4.78, 5) is 31.5. The minimum Gasteiger partial charge on any atom is -0.309 e. The number of aromatic amines is 1. The van der Waals surface area contributed by atoms with Crippen LogP contribution in [-0.4, -0.2) is 19.9 Å². The summed E-state index contributed by atoms with van der Waals surface area (Å²) in [7, 11) is 0. The Morgan fingerprint density at radius 1 is 0.967 bits per heavy atom. The molecule has 1 N–H and O–H groups in total. The number of hydrogen-bond acceptors (Lipinski definition) is 6. The number of para-hydroxylation sites is 1. The molecule has 0 saturated heterocycles. The maximum absolute atomic E-state index is 12.5. The first-order chi connectivity index (χ1) is 14.6. The number of nitrogens with zero attached hydrogens (tertiary/aromatic N) is 3. The predicted molar refractivity (Wildman–Crippen MR) is 124 cm³/mol. The molecule has 7 heteroatoms. The highest BCUT2D eigenvalue weighted by Gasteiger charge is 2.13. The number of fused-ring (bicyclic) bond motifs is 2. The number of rotatable bonds is 4. The SMILES string of the molecule is Cc1nc(SCc2nc3c(C)cccc3c(=O)[nH]2)c2cc(-c3ccccc3)sc2n1. The standard InChI is InChI=1S/C23H18N4OS2/c1-13-7-6-10-16-20(13)26-19(27-21(16)28)12-29-22-17-11-18(15-8-4-3-5-9-15)30-23(17)25-14(2)24-22/h3-11H,12H2,1-2H3,(H,26,27,28). The number of nitrogens with one attached hydrogen (secondary N) is 1. The van der Waals surface area contributed by atoms with E-state index in [2.05, 4.69) is 38.1 Å². The van der Waals surface area contributed by atoms with E-state index < -0.39 is 0 Å². The lowest BCUT2D eigenvalue weighted by atomic mass is 10.1. The minimum absolute atomic E-state index is 0.106. The van der Waals surface area contributed by atoms with Crippen molar-refractivity contribution in [2.45, 2.75) is 24.6 Å². The Balaban J connectivity index is 1.51. The maximum Gasteiger partial charge on any atom is 0.258 e. The van der Waals surface area contributed by atoms with E-state index in [9.17, 15) is 4.79 Å². The molecule has 30 heavy (non-hydrogen) atoms. The summed E-state index contributed by atoms with van der Waals surface area (Å²) in [6.07, 6.45) is 0. The lowest BCUT2D eigenvalue weighted by molar-refractivity contribution is 1.00. The van der Waals surface area contributed by atoms with Crippen LogP contribution >= 0.6 is 23.1 Å². The molecule has 2 aromatic carbocycles. The van der Waals surface area contributed by atoms with Gasteiger partial charge in [-0.05, 0) is 37.1 Å². The van der Waals surface area contributed by atoms with Gasteiger partial charge in [0.15, 0.2) is 0 Å². The lowest BCUT2D eigenvalue weighted by Crippen LogP contribution is -2.11. The molecule has 3 aromatic heterocycles. The zero-order valence-corrected chi connectivity index (χ0v) is 18.1. The molecule has 0 unspecified atom stereocenters. The molecule has 0 amide bonds. The second-order valence-corrected chi connectivity index (χ2v) is 9.04. The number of thiophene rings is 1. The smallest absolute Gasteiger partial charge is 0.258 e. The van der Waals surface area contributed by atoms with E-state index in [-0.39, 0.29) is 5.56 Å². The third kappa shape index (κ3) is 3.51. The normalized spacial score (nSPS) is 11.4. The van der Waals surface area contributed by atoms with Gasteiger partial charge >= 0.3 is 0 Å². The first kappa shape index (κ1) is 19.0. The fourth-order valence-electron chi connectivity index (χ4n) is 3.41. The van der Waals surface area contributed by atoms with E-state index in [0.717, 1.165) is 32.1 Å². The number of aromatic nitrogens is 4. The molecule has 5 nitrogen and oxygen atoms in total. The summed E-state index contributed by atoms with van der Waals surface area (Å²) in [6, 6.07) is 18.1. The van der Waals surface area contributed by atoms with Crippen molar-refractivity contribution in [2.75, 3.05) is 0 Å². The van der Waals surface area contributed by atoms with Crippen molar-refractivity contribution in [3.8, 4) is 10.4 Å². The van der Waals surface area contributed by atoms with E-state index in [1.165, 1.54) is 10.4 Å². The second-order valence-electron chi connectivity index (χ2n) is 7.04. The number of thioether (sulfide) groups is 1. The Labute approximate surface area is 181 Å². The molecule has 0 bridgehead atoms. The van der Waals surface area contributed by atoms with Gasteiger partial charge in [0, 0.05) is 10.3 Å². The zero-order chi connectivity index (χ0) is 20.7. The van der Waals surface area contributed by atoms with Crippen LogP contribution in [0.15, 0.2) is 64.4 Å². The van der Waals surface area contributed by atoms with Crippen molar-refractivity contribution >= 4 is 44.2 Å². The van der Waals surface area contributed by atoms with Gasteiger partial charge in [-0.25, -0.2) is 15.0 Å². The molecule has 0 aliphatic rings. The van der Waals surface area contributed by atoms with Crippen LogP contribution in [0.3, 0.4) is 0 Å². The second kappa shape index (κ2) is 7.66. The summed E-state index contributed by atoms with van der Waals surface area (Å²) in [5.74, 6) is 1.92. The molecule has 0 spiro atoms. The molecule has 0 radical (unpaired) electrons. The van der Waals surface area contributed by atoms with Gasteiger partial charge in [-0.15, -0.1) is 11.3 Å². The fourth-order valence-corrected chi connectivity index (χ4v) is 5.47. The quantitative estimate of drug-likeness (QED) is 0.301. The zero-order valence-electron chi connectivity index (χ0n) is 16.5. The van der Waals surface area contributed by atoms with Crippen molar-refractivity contribution in [3.05, 3.63) is 82.2 Å². The van der Waals surface area contributed by atoms with Gasteiger partial charge in [0.05, 0.1) is 16.7 Å². The van der Waals surface area contributed by atoms with Crippen LogP contribution < -0.4 is 5.56 Å². The van der Waals surface area contributed by atoms with Crippen molar-refractivity contribution in [3.63, 3.8) is 0 Å². The Hall–Kier alpha value is -3.03. The minimum atomic E-state index is -0.106. The molecule has 0 atom stereocenters. The Kier molecular flexibility index (Phi) is 4.84. The van der Waals surface area contributed by atoms with Gasteiger partial charge in [-0.2, -0.15) is 0 Å². The van der Waals surface area contributed by atoms with E-state index in [1.54, 1.807) is 29.2 Å². The van der Waals surface area contributed by atoms with Crippen LogP contribution in [0.2, 0.25) is 0 Å². The van der Waals surface area contributed by atoms with Gasteiger partial charge in [-0.3, -0.25) is 4.79 Å². The molecular formula is C23H18N4OS2. The summed E-state index contributed by atoms with van der Waals surface area (Å²) >= 11 is 3.24. The first-order valence-corrected chi connectivity index (χ1v) is 11.3. The number of H-pyrrole nitrogens is 1. The van der Waals surface area contributed by atoms with Gasteiger partial charge in [0.25, 0.3) is 5.56 Å². The third-order valence-corrected chi connectivity index (χ3v) is 6.94. The molecule has 0 saturated carbocycles. The molecule has 0 aliphatic carbocycles. The number of hydrogen-bond donors (Lipinski definition) is 1. The van der Waals surface area contributed by atoms with E-state index >= 15 is 0 Å². The van der Waals surface area contributed by atoms with Crippen LogP contribution in [0.25, 0.3) is 31.6 Å². The van der Waals surface area contributed by atoms with Crippen LogP contribution in [0, 0.1) is 13.8 Å². The lowest BCUT2D eigenvalue weighted by Gasteiger charge is -2.06. The third-order valence-electron chi connectivity index (χ3n) is 4.86. The molecule has 5 aromatic rings. The largest absolute Gasteiger partial charge is 0.309 e. The van der Waals surface area contributed by atoms with Crippen LogP contribution in [0.5, 0.6) is 0 Å². The van der Waals surface area contributed by atoms with Gasteiger partial charge in [0.2, 0.25) is 0 Å². The topological polar surface area (TPSA) is 71.5 Å². The molecular weight excluding hydrogens is 412 g/mol. The molecule has 0 fully saturated rings. The van der Waals surface area contributed by atoms with Crippen molar-refractivity contribution in [1.29, 1.82) is 0 Å². The molecule has 5 rings (SSSR count). The predicted octanol–water partition coefficient (Wildman–Crippen LogP) is 5.50. The monoisotopic (exact) mass is 430 g/mol. The highest BCUT2D eigenvalue weighted by atomic mass is 32.2. The van der Waals surface area contributed by atoms with E-state index in [1.807, 2.05) is 44.2 Å². The average molecular weight is 431 g/mol. The fraction of sp³-hybridized carbons (Fsp3) is 0.130. The van der Waals surface area contributed by atoms with E-state index in [4.69, 9.17) is 0 Å². The van der Waals surface area contributed by atoms with Crippen molar-refractivity contribution in [2.24, 2.45) is 0 Å². The number of aryl methyl sites for hydroxylation is 2. The van der Waals surface area contributed by atoms with Crippen LogP contribution in [-0.2, 0) is 5.75 Å². The van der Waals surface area contributed by atoms with E-state index in [0.29, 0.717) is 17.0 Å². The summed E-state index contributed by atoms with van der Waals surface area (Å²) < 4.78 is 0. The summed E-state index contributed by atoms with van der Waals surface area (Å²) in [5, 5.41) is 2.56. The van der Waals surface area contributed by atoms with Crippen LogP contribution in [0.1, 0.15) is 17.2 Å². The molecule has 148 valence electrons. The van der Waals surface area contributed by atoms with Gasteiger partial charge in [-0.1, -0.05) is 54.2 Å². The first-order valence-electron chi connectivity index (χ1n) is 9.53. The van der Waals surface area contributed by atoms with Gasteiger partial charge in [0.1, 0.15) is 21.5 Å².